The third-order valence-corrected chi connectivity index (χ3v) is 6.38. The van der Waals surface area contributed by atoms with Gasteiger partial charge in [-0.3, -0.25) is 0 Å². The Bertz CT molecular complexity index is 942. The molecule has 0 nitrogen and oxygen atoms in total. The van der Waals surface area contributed by atoms with Gasteiger partial charge in [-0.05, 0) is 103 Å². The molecule has 2 aliphatic rings. The Morgan fingerprint density at radius 3 is 2.17 bits per heavy atom. The van der Waals surface area contributed by atoms with Gasteiger partial charge < -0.3 is 0 Å². The number of hydrogen-bond acceptors (Lipinski definition) is 0. The van der Waals surface area contributed by atoms with Gasteiger partial charge in [0, 0.05) is 5.56 Å². The molecule has 0 N–H and O–H groups in total. The Labute approximate surface area is 169 Å². The largest absolute Gasteiger partial charge is 0.206 e. The predicted octanol–water partition coefficient (Wildman–Crippen LogP) is 7.26. The minimum atomic E-state index is -0.959. The van der Waals surface area contributed by atoms with Gasteiger partial charge in [0.2, 0.25) is 0 Å². The van der Waals surface area contributed by atoms with Crippen LogP contribution in [0.4, 0.5) is 17.6 Å². The third-order valence-electron chi connectivity index (χ3n) is 6.38. The zero-order valence-electron chi connectivity index (χ0n) is 16.3. The minimum Gasteiger partial charge on any atom is -0.206 e. The predicted molar refractivity (Wildman–Crippen MR) is 108 cm³/mol. The number of aryl methyl sites for hydroxylation is 1. The van der Waals surface area contributed by atoms with Crippen molar-refractivity contribution in [3.63, 3.8) is 0 Å². The van der Waals surface area contributed by atoms with Gasteiger partial charge in [-0.1, -0.05) is 12.2 Å². The fourth-order valence-corrected chi connectivity index (χ4v) is 4.66. The van der Waals surface area contributed by atoms with Crippen molar-refractivity contribution in [2.45, 2.75) is 44.9 Å². The average Bonchev–Trinajstić information content (AvgIpc) is 3.08. The number of halogens is 4. The summed E-state index contributed by atoms with van der Waals surface area (Å²) in [6.07, 6.45) is 9.89. The van der Waals surface area contributed by atoms with Crippen molar-refractivity contribution in [1.29, 1.82) is 0 Å². The second-order valence-electron chi connectivity index (χ2n) is 8.30. The Morgan fingerprint density at radius 2 is 1.52 bits per heavy atom. The number of hydrogen-bond donors (Lipinski definition) is 0. The van der Waals surface area contributed by atoms with Crippen LogP contribution in [0.5, 0.6) is 0 Å². The first kappa shape index (κ1) is 19.9. The Balaban J connectivity index is 1.47. The summed E-state index contributed by atoms with van der Waals surface area (Å²) in [7, 11) is 0. The molecular formula is C25H24F4. The molecule has 0 aliphatic heterocycles. The molecule has 4 rings (SSSR count). The van der Waals surface area contributed by atoms with E-state index < -0.39 is 23.3 Å². The van der Waals surface area contributed by atoms with E-state index in [9.17, 15) is 17.6 Å². The normalized spacial score (nSPS) is 21.0. The fourth-order valence-electron chi connectivity index (χ4n) is 4.66. The van der Waals surface area contributed by atoms with Crippen molar-refractivity contribution >= 4 is 11.6 Å². The summed E-state index contributed by atoms with van der Waals surface area (Å²) in [5.41, 5.74) is 1.98. The van der Waals surface area contributed by atoms with Crippen molar-refractivity contribution in [2.24, 2.45) is 11.8 Å². The van der Waals surface area contributed by atoms with Crippen LogP contribution in [0.3, 0.4) is 0 Å². The summed E-state index contributed by atoms with van der Waals surface area (Å²) in [5, 5.41) is 0. The smallest absolute Gasteiger partial charge is 0.159 e. The summed E-state index contributed by atoms with van der Waals surface area (Å²) in [6, 6.07) is 4.97. The summed E-state index contributed by atoms with van der Waals surface area (Å²) in [6.45, 7) is 3.86. The maximum absolute atomic E-state index is 14.8. The van der Waals surface area contributed by atoms with Gasteiger partial charge in [-0.25, -0.2) is 17.6 Å². The van der Waals surface area contributed by atoms with Crippen LogP contribution < -0.4 is 0 Å². The highest BCUT2D eigenvalue weighted by Crippen LogP contribution is 2.36. The lowest BCUT2D eigenvalue weighted by molar-refractivity contribution is 0.296. The molecule has 4 heteroatoms. The lowest BCUT2D eigenvalue weighted by Crippen LogP contribution is -2.13. The zero-order valence-corrected chi connectivity index (χ0v) is 16.3. The Hall–Kier alpha value is -2.36. The standard InChI is InChI=1S/C25H24F4/c1-2-15-3-5-16(6-4-15)7-8-17-9-23(28)25(24(29)10-17)20-11-18-13-21(26)22(27)14-19(18)12-20/h2,9-11,13-16H,1,3-8,12H2. The number of rotatable bonds is 5. The van der Waals surface area contributed by atoms with E-state index in [1.54, 1.807) is 0 Å². The molecule has 0 bridgehead atoms. The number of benzene rings is 2. The number of allylic oxidation sites excluding steroid dienone is 2. The molecule has 2 aromatic carbocycles. The minimum absolute atomic E-state index is 0.0998. The molecule has 1 saturated carbocycles. The molecule has 1 fully saturated rings. The fraction of sp³-hybridized carbons (Fsp3) is 0.360. The van der Waals surface area contributed by atoms with E-state index in [1.165, 1.54) is 18.2 Å². The highest BCUT2D eigenvalue weighted by Gasteiger charge is 2.23. The van der Waals surface area contributed by atoms with Crippen molar-refractivity contribution in [3.05, 3.63) is 82.4 Å². The Kier molecular flexibility index (Phi) is 5.62. The first-order chi connectivity index (χ1) is 13.9. The summed E-state index contributed by atoms with van der Waals surface area (Å²) in [5.74, 6) is -1.94. The molecule has 0 saturated heterocycles. The summed E-state index contributed by atoms with van der Waals surface area (Å²) >= 11 is 0. The van der Waals surface area contributed by atoms with Gasteiger partial charge in [0.1, 0.15) is 11.6 Å². The van der Waals surface area contributed by atoms with E-state index in [4.69, 9.17) is 0 Å². The van der Waals surface area contributed by atoms with Crippen LogP contribution >= 0.6 is 0 Å². The topological polar surface area (TPSA) is 0 Å². The van der Waals surface area contributed by atoms with E-state index in [-0.39, 0.29) is 12.0 Å². The molecular weight excluding hydrogens is 376 g/mol. The molecule has 2 aromatic rings. The highest BCUT2D eigenvalue weighted by atomic mass is 19.2. The number of fused-ring (bicyclic) bond motifs is 1. The molecule has 0 atom stereocenters. The molecule has 0 radical (unpaired) electrons. The van der Waals surface area contributed by atoms with Gasteiger partial charge in [0.25, 0.3) is 0 Å². The first-order valence-electron chi connectivity index (χ1n) is 10.2. The van der Waals surface area contributed by atoms with E-state index in [2.05, 4.69) is 6.58 Å². The molecule has 29 heavy (non-hydrogen) atoms. The van der Waals surface area contributed by atoms with E-state index in [1.807, 2.05) is 6.08 Å². The monoisotopic (exact) mass is 400 g/mol. The van der Waals surface area contributed by atoms with Crippen molar-refractivity contribution in [3.8, 4) is 0 Å². The third kappa shape index (κ3) is 4.17. The Morgan fingerprint density at radius 1 is 0.862 bits per heavy atom. The van der Waals surface area contributed by atoms with Crippen LogP contribution in [-0.4, -0.2) is 0 Å². The van der Waals surface area contributed by atoms with Crippen LogP contribution in [0, 0.1) is 35.1 Å². The molecule has 0 aromatic heterocycles. The molecule has 0 unspecified atom stereocenters. The van der Waals surface area contributed by atoms with Gasteiger partial charge >= 0.3 is 0 Å². The average molecular weight is 400 g/mol. The van der Waals surface area contributed by atoms with Gasteiger partial charge in [0.05, 0.1) is 0 Å². The van der Waals surface area contributed by atoms with Gasteiger partial charge in [-0.2, -0.15) is 0 Å². The van der Waals surface area contributed by atoms with E-state index in [0.717, 1.165) is 44.2 Å². The van der Waals surface area contributed by atoms with E-state index in [0.29, 0.717) is 40.5 Å². The molecule has 0 heterocycles. The lowest BCUT2D eigenvalue weighted by Gasteiger charge is -2.26. The van der Waals surface area contributed by atoms with Gasteiger partial charge in [0.15, 0.2) is 11.6 Å². The van der Waals surface area contributed by atoms with Crippen LogP contribution in [0.25, 0.3) is 11.6 Å². The maximum atomic E-state index is 14.8. The molecule has 2 aliphatic carbocycles. The molecule has 0 amide bonds. The van der Waals surface area contributed by atoms with Crippen molar-refractivity contribution in [2.75, 3.05) is 0 Å². The van der Waals surface area contributed by atoms with Crippen LogP contribution in [0.15, 0.2) is 36.9 Å². The summed E-state index contributed by atoms with van der Waals surface area (Å²) in [4.78, 5) is 0. The highest BCUT2D eigenvalue weighted by molar-refractivity contribution is 5.89. The van der Waals surface area contributed by atoms with Crippen LogP contribution in [0.1, 0.15) is 54.4 Å². The second-order valence-corrected chi connectivity index (χ2v) is 8.30. The lowest BCUT2D eigenvalue weighted by atomic mass is 9.79. The molecule has 152 valence electrons. The van der Waals surface area contributed by atoms with Crippen molar-refractivity contribution in [1.82, 2.24) is 0 Å². The SMILES string of the molecule is C=CC1CCC(CCc2cc(F)c(C3=Cc4cc(F)c(F)cc4C3)c(F)c2)CC1. The first-order valence-corrected chi connectivity index (χ1v) is 10.2. The zero-order chi connectivity index (χ0) is 20.5. The summed E-state index contributed by atoms with van der Waals surface area (Å²) < 4.78 is 56.4. The van der Waals surface area contributed by atoms with Gasteiger partial charge in [-0.15, -0.1) is 6.58 Å². The molecule has 0 spiro atoms. The van der Waals surface area contributed by atoms with Crippen molar-refractivity contribution < 1.29 is 17.6 Å². The maximum Gasteiger partial charge on any atom is 0.159 e. The second kappa shape index (κ2) is 8.17. The van der Waals surface area contributed by atoms with E-state index >= 15 is 0 Å². The van der Waals surface area contributed by atoms with Crippen LogP contribution in [0.2, 0.25) is 0 Å². The quantitative estimate of drug-likeness (QED) is 0.366. The van der Waals surface area contributed by atoms with Crippen LogP contribution in [-0.2, 0) is 12.8 Å².